The van der Waals surface area contributed by atoms with Gasteiger partial charge in [-0.1, -0.05) is 24.3 Å². The van der Waals surface area contributed by atoms with Gasteiger partial charge in [0.1, 0.15) is 18.8 Å². The number of nitrogens with two attached hydrogens (primary N) is 1. The molecule has 2 aromatic carbocycles. The number of benzene rings is 2. The van der Waals surface area contributed by atoms with Crippen LogP contribution >= 0.6 is 0 Å². The van der Waals surface area contributed by atoms with Crippen molar-refractivity contribution in [2.24, 2.45) is 5.73 Å². The topological polar surface area (TPSA) is 145 Å². The van der Waals surface area contributed by atoms with Crippen LogP contribution in [0.5, 0.6) is 0 Å². The van der Waals surface area contributed by atoms with Crippen LogP contribution in [-0.2, 0) is 16.1 Å². The van der Waals surface area contributed by atoms with Crippen LogP contribution in [0.1, 0.15) is 22.6 Å². The minimum Gasteiger partial charge on any atom is -0.364 e. The molecule has 212 valence electrons. The van der Waals surface area contributed by atoms with Crippen molar-refractivity contribution in [3.05, 3.63) is 90.6 Å². The number of halogens is 1. The zero-order valence-corrected chi connectivity index (χ0v) is 22.5. The first kappa shape index (κ1) is 26.7. The highest BCUT2D eigenvalue weighted by Crippen LogP contribution is 2.29. The summed E-state index contributed by atoms with van der Waals surface area (Å²) >= 11 is 0. The number of carbonyl (C=O) groups is 3. The van der Waals surface area contributed by atoms with Gasteiger partial charge in [-0.15, -0.1) is 0 Å². The number of rotatable bonds is 7. The van der Waals surface area contributed by atoms with Crippen LogP contribution in [-0.4, -0.2) is 71.2 Å². The molecule has 2 atom stereocenters. The number of amides is 3. The van der Waals surface area contributed by atoms with Crippen molar-refractivity contribution in [2.45, 2.75) is 32.1 Å². The average Bonchev–Trinajstić information content (AvgIpc) is 3.71. The smallest absolute Gasteiger partial charge is 0.270 e. The number of carbonyl (C=O) groups excluding carboxylic acids is 3. The SMILES string of the molecule is Cc1ccnn1N(C(=O)[C@@H]1C[C@@H](F)CN1C(=O)Cn1nc(C(N)=O)c2cc(-c3ccnnc3)ccc21)c1ccccc1. The Bertz CT molecular complexity index is 1790. The van der Waals surface area contributed by atoms with E-state index in [-0.39, 0.29) is 25.2 Å². The molecule has 1 aliphatic rings. The van der Waals surface area contributed by atoms with Crippen molar-refractivity contribution < 1.29 is 18.8 Å². The molecule has 1 aliphatic heterocycles. The molecule has 0 radical (unpaired) electrons. The van der Waals surface area contributed by atoms with E-state index < -0.39 is 29.9 Å². The average molecular weight is 568 g/mol. The highest BCUT2D eigenvalue weighted by molar-refractivity contribution is 6.05. The van der Waals surface area contributed by atoms with E-state index in [9.17, 15) is 18.8 Å². The van der Waals surface area contributed by atoms with E-state index in [1.54, 1.807) is 80.1 Å². The molecule has 6 rings (SSSR count). The number of likely N-dealkylation sites (tertiary alicyclic amines) is 1. The number of aryl methyl sites for hydroxylation is 1. The van der Waals surface area contributed by atoms with Crippen LogP contribution in [0, 0.1) is 6.92 Å². The maximum absolute atomic E-state index is 14.9. The lowest BCUT2D eigenvalue weighted by Crippen LogP contribution is -2.51. The summed E-state index contributed by atoms with van der Waals surface area (Å²) in [6, 6.07) is 16.5. The number of para-hydroxylation sites is 1. The molecule has 4 heterocycles. The Kier molecular flexibility index (Phi) is 6.90. The molecule has 13 heteroatoms. The minimum atomic E-state index is -1.40. The van der Waals surface area contributed by atoms with Crippen LogP contribution in [0.4, 0.5) is 10.1 Å². The van der Waals surface area contributed by atoms with Crippen LogP contribution in [0.25, 0.3) is 22.0 Å². The summed E-state index contributed by atoms with van der Waals surface area (Å²) in [6.45, 7) is 1.21. The largest absolute Gasteiger partial charge is 0.364 e. The number of fused-ring (bicyclic) bond motifs is 1. The number of anilines is 1. The zero-order chi connectivity index (χ0) is 29.4. The summed E-state index contributed by atoms with van der Waals surface area (Å²) < 4.78 is 16.2. The highest BCUT2D eigenvalue weighted by Gasteiger charge is 2.43. The Hall–Kier alpha value is -5.46. The Labute approximate surface area is 239 Å². The van der Waals surface area contributed by atoms with E-state index in [1.807, 2.05) is 6.07 Å². The fourth-order valence-electron chi connectivity index (χ4n) is 5.25. The third-order valence-electron chi connectivity index (χ3n) is 7.25. The second-order valence-corrected chi connectivity index (χ2v) is 9.98. The lowest BCUT2D eigenvalue weighted by atomic mass is 10.0. The van der Waals surface area contributed by atoms with Gasteiger partial charge < -0.3 is 10.6 Å². The van der Waals surface area contributed by atoms with Crippen molar-refractivity contribution in [3.63, 3.8) is 0 Å². The van der Waals surface area contributed by atoms with Gasteiger partial charge in [-0.3, -0.25) is 19.1 Å². The van der Waals surface area contributed by atoms with E-state index in [0.29, 0.717) is 22.3 Å². The van der Waals surface area contributed by atoms with E-state index in [0.717, 1.165) is 11.1 Å². The number of hydrogen-bond acceptors (Lipinski definition) is 7. The fraction of sp³-hybridized carbons (Fsp3) is 0.207. The second-order valence-electron chi connectivity index (χ2n) is 9.98. The van der Waals surface area contributed by atoms with E-state index in [4.69, 9.17) is 5.73 Å². The summed E-state index contributed by atoms with van der Waals surface area (Å²) in [7, 11) is 0. The molecule has 12 nitrogen and oxygen atoms in total. The van der Waals surface area contributed by atoms with Crippen LogP contribution < -0.4 is 10.7 Å². The van der Waals surface area contributed by atoms with Crippen molar-refractivity contribution >= 4 is 34.3 Å². The van der Waals surface area contributed by atoms with Gasteiger partial charge in [0.05, 0.1) is 42.0 Å². The zero-order valence-electron chi connectivity index (χ0n) is 22.5. The number of alkyl halides is 1. The van der Waals surface area contributed by atoms with Gasteiger partial charge in [-0.05, 0) is 48.9 Å². The molecule has 0 aliphatic carbocycles. The molecule has 0 unspecified atom stereocenters. The molecule has 2 N–H and O–H groups in total. The quantitative estimate of drug-likeness (QED) is 0.318. The number of nitrogens with zero attached hydrogens (tertiary/aromatic N) is 8. The summed E-state index contributed by atoms with van der Waals surface area (Å²) in [6.07, 6.45) is 3.13. The Balaban J connectivity index is 1.32. The molecule has 3 amide bonds. The van der Waals surface area contributed by atoms with Gasteiger partial charge in [0.25, 0.3) is 11.8 Å². The Morgan fingerprint density at radius 3 is 2.52 bits per heavy atom. The van der Waals surface area contributed by atoms with E-state index >= 15 is 0 Å². The van der Waals surface area contributed by atoms with Gasteiger partial charge in [0.15, 0.2) is 5.69 Å². The van der Waals surface area contributed by atoms with Crippen LogP contribution in [0.3, 0.4) is 0 Å². The van der Waals surface area contributed by atoms with Gasteiger partial charge in [0.2, 0.25) is 5.91 Å². The normalized spacial score (nSPS) is 16.6. The fourth-order valence-corrected chi connectivity index (χ4v) is 5.25. The van der Waals surface area contributed by atoms with Crippen LogP contribution in [0.2, 0.25) is 0 Å². The van der Waals surface area contributed by atoms with Gasteiger partial charge in [-0.2, -0.15) is 30.2 Å². The lowest BCUT2D eigenvalue weighted by Gasteiger charge is -2.30. The summed E-state index contributed by atoms with van der Waals surface area (Å²) in [4.78, 5) is 42.6. The Morgan fingerprint density at radius 1 is 1.02 bits per heavy atom. The molecule has 1 saturated heterocycles. The summed E-state index contributed by atoms with van der Waals surface area (Å²) in [5.74, 6) is -1.79. The highest BCUT2D eigenvalue weighted by atomic mass is 19.1. The molecule has 3 aromatic heterocycles. The third-order valence-corrected chi connectivity index (χ3v) is 7.25. The Morgan fingerprint density at radius 2 is 1.83 bits per heavy atom. The van der Waals surface area contributed by atoms with Crippen molar-refractivity contribution in [2.75, 3.05) is 11.6 Å². The second kappa shape index (κ2) is 10.8. The molecular formula is C29H26FN9O3. The lowest BCUT2D eigenvalue weighted by molar-refractivity contribution is -0.138. The first-order chi connectivity index (χ1) is 20.3. The van der Waals surface area contributed by atoms with Crippen LogP contribution in [0.15, 0.2) is 79.3 Å². The maximum atomic E-state index is 14.9. The molecule has 5 aromatic rings. The monoisotopic (exact) mass is 567 g/mol. The van der Waals surface area contributed by atoms with Crippen molar-refractivity contribution in [3.8, 4) is 11.1 Å². The van der Waals surface area contributed by atoms with E-state index in [1.165, 1.54) is 19.4 Å². The molecule has 1 fully saturated rings. The summed E-state index contributed by atoms with van der Waals surface area (Å²) in [5.41, 5.74) is 8.83. The van der Waals surface area contributed by atoms with Gasteiger partial charge >= 0.3 is 0 Å². The van der Waals surface area contributed by atoms with E-state index in [2.05, 4.69) is 20.4 Å². The molecule has 42 heavy (non-hydrogen) atoms. The van der Waals surface area contributed by atoms with Gasteiger partial charge in [0, 0.05) is 17.4 Å². The number of hydrogen-bond donors (Lipinski definition) is 1. The molecular weight excluding hydrogens is 541 g/mol. The molecule has 0 saturated carbocycles. The number of aromatic nitrogens is 6. The molecule has 0 bridgehead atoms. The molecule has 0 spiro atoms. The standard InChI is InChI=1S/C29H26FN9O3/c1-18-9-12-34-39(18)38(22-5-3-2-4-6-22)29(42)25-14-21(30)16-36(25)26(40)17-37-24-8-7-19(20-10-11-32-33-15-20)13-23(24)27(35-37)28(31)41/h2-13,15,21,25H,14,16-17H2,1H3,(H2,31,41)/t21-,25+/m1/s1. The maximum Gasteiger partial charge on any atom is 0.270 e. The summed E-state index contributed by atoms with van der Waals surface area (Å²) in [5, 5.41) is 18.1. The predicted molar refractivity (Wildman–Crippen MR) is 151 cm³/mol. The van der Waals surface area contributed by atoms with Crippen molar-refractivity contribution in [1.82, 2.24) is 34.8 Å². The predicted octanol–water partition coefficient (Wildman–Crippen LogP) is 2.53. The van der Waals surface area contributed by atoms with Crippen molar-refractivity contribution in [1.29, 1.82) is 0 Å². The van der Waals surface area contributed by atoms with Gasteiger partial charge in [-0.25, -0.2) is 4.39 Å². The first-order valence-corrected chi connectivity index (χ1v) is 13.2. The third kappa shape index (κ3) is 4.85. The minimum absolute atomic E-state index is 0.0107. The first-order valence-electron chi connectivity index (χ1n) is 13.2. The number of primary amides is 1.